The molecule has 1 amide bonds. The molecule has 2 heterocycles. The predicted octanol–water partition coefficient (Wildman–Crippen LogP) is 0.955. The Balaban J connectivity index is 1.62. The molecular weight excluding hydrogens is 326 g/mol. The van der Waals surface area contributed by atoms with Crippen LogP contribution >= 0.6 is 0 Å². The fraction of sp³-hybridized carbons (Fsp3) is 0.588. The molecule has 2 aliphatic heterocycles. The minimum atomic E-state index is -3.47. The van der Waals surface area contributed by atoms with Crippen LogP contribution in [0.5, 0.6) is 0 Å². The average molecular weight is 351 g/mol. The first kappa shape index (κ1) is 17.4. The number of nitrogens with two attached hydrogens (primary N) is 1. The number of amides is 1. The number of piperidine rings is 1. The predicted molar refractivity (Wildman–Crippen MR) is 91.8 cm³/mol. The number of benzene rings is 1. The van der Waals surface area contributed by atoms with Crippen LogP contribution in [0.15, 0.2) is 29.2 Å². The Morgan fingerprint density at radius 1 is 1.08 bits per heavy atom. The smallest absolute Gasteiger partial charge is 0.243 e. The first-order valence-corrected chi connectivity index (χ1v) is 9.93. The normalized spacial score (nSPS) is 23.6. The molecule has 1 atom stereocenters. The summed E-state index contributed by atoms with van der Waals surface area (Å²) in [5, 5.41) is 0. The van der Waals surface area contributed by atoms with E-state index in [1.807, 2.05) is 11.8 Å². The van der Waals surface area contributed by atoms with Crippen LogP contribution in [0.3, 0.4) is 0 Å². The van der Waals surface area contributed by atoms with Gasteiger partial charge in [0.2, 0.25) is 15.9 Å². The van der Waals surface area contributed by atoms with Gasteiger partial charge in [-0.3, -0.25) is 4.79 Å². The highest BCUT2D eigenvalue weighted by atomic mass is 32.2. The van der Waals surface area contributed by atoms with Gasteiger partial charge in [-0.15, -0.1) is 0 Å². The lowest BCUT2D eigenvalue weighted by molar-refractivity contribution is -0.135. The Kier molecular flexibility index (Phi) is 4.94. The zero-order valence-electron chi connectivity index (χ0n) is 14.0. The summed E-state index contributed by atoms with van der Waals surface area (Å²) in [5.74, 6) is 0.0510. The molecule has 2 fully saturated rings. The molecular formula is C17H25N3O3S. The molecule has 0 bridgehead atoms. The summed E-state index contributed by atoms with van der Waals surface area (Å²) in [4.78, 5) is 14.7. The molecule has 132 valence electrons. The van der Waals surface area contributed by atoms with Crippen LogP contribution in [-0.2, 0) is 14.8 Å². The molecule has 3 rings (SSSR count). The standard InChI is InChI=1S/C17H25N3O3S/c1-13-2-4-16(5-3-13)24(22,23)20-10-6-14(7-11-20)17(21)19-9-8-15(18)12-19/h2-5,14-15H,6-12,18H2,1H3/t15-/m1/s1. The molecule has 6 nitrogen and oxygen atoms in total. The summed E-state index contributed by atoms with van der Waals surface area (Å²) < 4.78 is 26.9. The number of hydrogen-bond donors (Lipinski definition) is 1. The number of aryl methyl sites for hydroxylation is 1. The van der Waals surface area contributed by atoms with Gasteiger partial charge in [-0.1, -0.05) is 17.7 Å². The molecule has 24 heavy (non-hydrogen) atoms. The number of nitrogens with zero attached hydrogens (tertiary/aromatic N) is 2. The van der Waals surface area contributed by atoms with Crippen molar-refractivity contribution in [2.45, 2.75) is 37.1 Å². The summed E-state index contributed by atoms with van der Waals surface area (Å²) in [6, 6.07) is 6.98. The maximum Gasteiger partial charge on any atom is 0.243 e. The quantitative estimate of drug-likeness (QED) is 0.879. The maximum atomic E-state index is 12.7. The number of likely N-dealkylation sites (tertiary alicyclic amines) is 1. The molecule has 7 heteroatoms. The van der Waals surface area contributed by atoms with Crippen LogP contribution in [-0.4, -0.2) is 55.8 Å². The first-order valence-electron chi connectivity index (χ1n) is 8.49. The second kappa shape index (κ2) is 6.82. The van der Waals surface area contributed by atoms with E-state index < -0.39 is 10.0 Å². The Morgan fingerprint density at radius 3 is 2.25 bits per heavy atom. The Hall–Kier alpha value is -1.44. The molecule has 0 spiro atoms. The third kappa shape index (κ3) is 3.48. The van der Waals surface area contributed by atoms with Crippen molar-refractivity contribution in [3.05, 3.63) is 29.8 Å². The van der Waals surface area contributed by atoms with Crippen molar-refractivity contribution in [2.24, 2.45) is 11.7 Å². The third-order valence-corrected chi connectivity index (χ3v) is 6.91. The molecule has 2 aliphatic rings. The lowest BCUT2D eigenvalue weighted by Gasteiger charge is -2.32. The van der Waals surface area contributed by atoms with Gasteiger partial charge < -0.3 is 10.6 Å². The fourth-order valence-corrected chi connectivity index (χ4v) is 4.92. The molecule has 2 saturated heterocycles. The summed E-state index contributed by atoms with van der Waals surface area (Å²) in [6.07, 6.45) is 2.01. The van der Waals surface area contributed by atoms with E-state index in [2.05, 4.69) is 0 Å². The van der Waals surface area contributed by atoms with Crippen molar-refractivity contribution in [1.82, 2.24) is 9.21 Å². The molecule has 0 aliphatic carbocycles. The van der Waals surface area contributed by atoms with Crippen LogP contribution in [0.25, 0.3) is 0 Å². The van der Waals surface area contributed by atoms with E-state index in [0.717, 1.165) is 18.5 Å². The van der Waals surface area contributed by atoms with E-state index in [1.165, 1.54) is 4.31 Å². The maximum absolute atomic E-state index is 12.7. The SMILES string of the molecule is Cc1ccc(S(=O)(=O)N2CCC(C(=O)N3CC[C@@H](N)C3)CC2)cc1. The van der Waals surface area contributed by atoms with E-state index in [4.69, 9.17) is 5.73 Å². The highest BCUT2D eigenvalue weighted by molar-refractivity contribution is 7.89. The van der Waals surface area contributed by atoms with Gasteiger partial charge in [0.1, 0.15) is 0 Å². The lowest BCUT2D eigenvalue weighted by atomic mass is 9.97. The zero-order valence-corrected chi connectivity index (χ0v) is 14.8. The largest absolute Gasteiger partial charge is 0.341 e. The van der Waals surface area contributed by atoms with Crippen molar-refractivity contribution in [3.63, 3.8) is 0 Å². The van der Waals surface area contributed by atoms with E-state index in [-0.39, 0.29) is 17.9 Å². The van der Waals surface area contributed by atoms with E-state index in [0.29, 0.717) is 37.4 Å². The van der Waals surface area contributed by atoms with Crippen molar-refractivity contribution in [2.75, 3.05) is 26.2 Å². The summed E-state index contributed by atoms with van der Waals surface area (Å²) >= 11 is 0. The van der Waals surface area contributed by atoms with Crippen molar-refractivity contribution in [1.29, 1.82) is 0 Å². The van der Waals surface area contributed by atoms with Crippen LogP contribution < -0.4 is 5.73 Å². The molecule has 0 aromatic heterocycles. The van der Waals surface area contributed by atoms with Crippen LogP contribution in [0.1, 0.15) is 24.8 Å². The molecule has 2 N–H and O–H groups in total. The highest BCUT2D eigenvalue weighted by Crippen LogP contribution is 2.26. The van der Waals surface area contributed by atoms with E-state index in [9.17, 15) is 13.2 Å². The van der Waals surface area contributed by atoms with Crippen molar-refractivity contribution < 1.29 is 13.2 Å². The minimum absolute atomic E-state index is 0.0796. The molecule has 1 aromatic rings. The van der Waals surface area contributed by atoms with E-state index >= 15 is 0 Å². The minimum Gasteiger partial charge on any atom is -0.341 e. The second-order valence-electron chi connectivity index (χ2n) is 6.82. The first-order chi connectivity index (χ1) is 11.4. The topological polar surface area (TPSA) is 83.7 Å². The van der Waals surface area contributed by atoms with Gasteiger partial charge in [0.15, 0.2) is 0 Å². The summed E-state index contributed by atoms with van der Waals surface area (Å²) in [5.41, 5.74) is 6.89. The van der Waals surface area contributed by atoms with Gasteiger partial charge >= 0.3 is 0 Å². The average Bonchev–Trinajstić information content (AvgIpc) is 3.01. The van der Waals surface area contributed by atoms with Gasteiger partial charge in [-0.05, 0) is 38.3 Å². The van der Waals surface area contributed by atoms with Crippen LogP contribution in [0.2, 0.25) is 0 Å². The third-order valence-electron chi connectivity index (χ3n) is 5.00. The van der Waals surface area contributed by atoms with Gasteiger partial charge in [0, 0.05) is 38.1 Å². The molecule has 0 radical (unpaired) electrons. The number of carbonyl (C=O) groups is 1. The zero-order chi connectivity index (χ0) is 17.3. The Bertz CT molecular complexity index is 694. The number of rotatable bonds is 3. The van der Waals surface area contributed by atoms with Gasteiger partial charge in [0.25, 0.3) is 0 Å². The fourth-order valence-electron chi connectivity index (χ4n) is 3.45. The molecule has 0 saturated carbocycles. The number of carbonyl (C=O) groups excluding carboxylic acids is 1. The van der Waals surface area contributed by atoms with Gasteiger partial charge in [0.05, 0.1) is 4.90 Å². The molecule has 1 aromatic carbocycles. The lowest BCUT2D eigenvalue weighted by Crippen LogP contribution is -2.44. The van der Waals surface area contributed by atoms with Crippen molar-refractivity contribution in [3.8, 4) is 0 Å². The summed E-state index contributed by atoms with van der Waals surface area (Å²) in [7, 11) is -3.47. The Morgan fingerprint density at radius 2 is 1.71 bits per heavy atom. The molecule has 0 unspecified atom stereocenters. The van der Waals surface area contributed by atoms with E-state index in [1.54, 1.807) is 24.3 Å². The number of sulfonamides is 1. The summed E-state index contributed by atoms with van der Waals surface area (Å²) in [6.45, 7) is 4.07. The Labute approximate surface area is 143 Å². The monoisotopic (exact) mass is 351 g/mol. The van der Waals surface area contributed by atoms with Crippen LogP contribution in [0.4, 0.5) is 0 Å². The number of hydrogen-bond acceptors (Lipinski definition) is 4. The second-order valence-corrected chi connectivity index (χ2v) is 8.76. The van der Waals surface area contributed by atoms with Crippen LogP contribution in [0, 0.1) is 12.8 Å². The van der Waals surface area contributed by atoms with Gasteiger partial charge in [-0.25, -0.2) is 8.42 Å². The van der Waals surface area contributed by atoms with Gasteiger partial charge in [-0.2, -0.15) is 4.31 Å². The highest BCUT2D eigenvalue weighted by Gasteiger charge is 2.35. The van der Waals surface area contributed by atoms with Crippen molar-refractivity contribution >= 4 is 15.9 Å².